The van der Waals surface area contributed by atoms with Gasteiger partial charge in [-0.05, 0) is 26.1 Å². The normalized spacial score (nSPS) is 17.2. The molecule has 0 radical (unpaired) electrons. The number of phosphoric acid groups is 1. The van der Waals surface area contributed by atoms with Crippen LogP contribution in [0.25, 0.3) is 0 Å². The number of pyridine rings is 1. The van der Waals surface area contributed by atoms with E-state index in [1.807, 2.05) is 25.1 Å². The number of hydrogen-bond acceptors (Lipinski definition) is 5. The lowest BCUT2D eigenvalue weighted by Crippen LogP contribution is -2.42. The molecular formula is C12H21N4O4P. The summed E-state index contributed by atoms with van der Waals surface area (Å²) in [4.78, 5) is 28.2. The Morgan fingerprint density at radius 1 is 1.24 bits per heavy atom. The van der Waals surface area contributed by atoms with Crippen LogP contribution in [0.4, 0.5) is 0 Å². The maximum Gasteiger partial charge on any atom is 0.466 e. The third-order valence-electron chi connectivity index (χ3n) is 2.81. The topological polar surface area (TPSA) is 109 Å². The zero-order chi connectivity index (χ0) is 15.9. The fourth-order valence-corrected chi connectivity index (χ4v) is 1.74. The molecule has 0 unspecified atom stereocenters. The van der Waals surface area contributed by atoms with Crippen LogP contribution >= 0.6 is 7.82 Å². The number of piperazine rings is 1. The summed E-state index contributed by atoms with van der Waals surface area (Å²) in [7, 11) is -2.49. The van der Waals surface area contributed by atoms with Gasteiger partial charge in [0.05, 0.1) is 11.4 Å². The van der Waals surface area contributed by atoms with Crippen LogP contribution in [0, 0.1) is 0 Å². The molecule has 0 atom stereocenters. The van der Waals surface area contributed by atoms with E-state index < -0.39 is 7.82 Å². The van der Waals surface area contributed by atoms with Crippen molar-refractivity contribution < 1.29 is 19.2 Å². The molecule has 1 saturated heterocycles. The summed E-state index contributed by atoms with van der Waals surface area (Å²) in [5.74, 6) is 0. The predicted octanol–water partition coefficient (Wildman–Crippen LogP) is 0.124. The first-order valence-electron chi connectivity index (χ1n) is 6.44. The molecule has 0 aromatic carbocycles. The molecule has 0 bridgehead atoms. The van der Waals surface area contributed by atoms with Crippen LogP contribution in [0.5, 0.6) is 0 Å². The summed E-state index contributed by atoms with van der Waals surface area (Å²) >= 11 is 0. The van der Waals surface area contributed by atoms with E-state index in [9.17, 15) is 0 Å². The molecule has 8 nitrogen and oxygen atoms in total. The zero-order valence-corrected chi connectivity index (χ0v) is 13.0. The smallest absolute Gasteiger partial charge is 0.303 e. The average molecular weight is 316 g/mol. The molecular weight excluding hydrogens is 295 g/mol. The molecule has 3 N–H and O–H groups in total. The van der Waals surface area contributed by atoms with Crippen LogP contribution in [0.15, 0.2) is 29.5 Å². The third-order valence-corrected chi connectivity index (χ3v) is 2.81. The van der Waals surface area contributed by atoms with Gasteiger partial charge in [-0.3, -0.25) is 9.99 Å². The van der Waals surface area contributed by atoms with E-state index in [2.05, 4.69) is 27.0 Å². The fraction of sp³-hybridized carbons (Fsp3) is 0.500. The van der Waals surface area contributed by atoms with Crippen LogP contribution in [0.3, 0.4) is 0 Å². The number of hydrazone groups is 1. The van der Waals surface area contributed by atoms with E-state index in [0.29, 0.717) is 0 Å². The fourth-order valence-electron chi connectivity index (χ4n) is 1.74. The summed E-state index contributed by atoms with van der Waals surface area (Å²) < 4.78 is 8.88. The van der Waals surface area contributed by atoms with Gasteiger partial charge in [-0.15, -0.1) is 0 Å². The van der Waals surface area contributed by atoms with Crippen LogP contribution < -0.4 is 0 Å². The summed E-state index contributed by atoms with van der Waals surface area (Å²) in [5.41, 5.74) is 1.95. The number of rotatable bonds is 2. The van der Waals surface area contributed by atoms with Crippen LogP contribution in [-0.2, 0) is 4.57 Å². The first-order valence-corrected chi connectivity index (χ1v) is 8.00. The Morgan fingerprint density at radius 3 is 2.29 bits per heavy atom. The molecule has 9 heteroatoms. The molecule has 0 saturated carbocycles. The molecule has 2 heterocycles. The van der Waals surface area contributed by atoms with Crippen LogP contribution in [0.1, 0.15) is 12.6 Å². The molecule has 0 spiro atoms. The second kappa shape index (κ2) is 8.21. The van der Waals surface area contributed by atoms with E-state index in [4.69, 9.17) is 19.2 Å². The van der Waals surface area contributed by atoms with Gasteiger partial charge in [0.1, 0.15) is 0 Å². The Hall–Kier alpha value is -1.31. The van der Waals surface area contributed by atoms with Crippen molar-refractivity contribution in [2.75, 3.05) is 33.2 Å². The number of aromatic nitrogens is 1. The van der Waals surface area contributed by atoms with Crippen molar-refractivity contribution in [3.05, 3.63) is 30.1 Å². The van der Waals surface area contributed by atoms with Crippen molar-refractivity contribution in [3.63, 3.8) is 0 Å². The largest absolute Gasteiger partial charge is 0.466 e. The lowest BCUT2D eigenvalue weighted by molar-refractivity contribution is 0.159. The van der Waals surface area contributed by atoms with Crippen LogP contribution in [0.2, 0.25) is 0 Å². The highest BCUT2D eigenvalue weighted by molar-refractivity contribution is 7.45. The highest BCUT2D eigenvalue weighted by atomic mass is 31.2. The van der Waals surface area contributed by atoms with E-state index in [0.717, 1.165) is 37.6 Å². The van der Waals surface area contributed by atoms with Gasteiger partial charge in [-0.25, -0.2) is 4.57 Å². The second-order valence-electron chi connectivity index (χ2n) is 4.67. The summed E-state index contributed by atoms with van der Waals surface area (Å²) in [6.07, 6.45) is 1.80. The van der Waals surface area contributed by atoms with Crippen molar-refractivity contribution >= 4 is 13.5 Å². The second-order valence-corrected chi connectivity index (χ2v) is 5.70. The van der Waals surface area contributed by atoms with Gasteiger partial charge in [0.15, 0.2) is 0 Å². The maximum absolute atomic E-state index is 8.88. The quantitative estimate of drug-likeness (QED) is 0.525. The Morgan fingerprint density at radius 2 is 1.81 bits per heavy atom. The van der Waals surface area contributed by atoms with Crippen molar-refractivity contribution in [1.82, 2.24) is 14.9 Å². The summed E-state index contributed by atoms with van der Waals surface area (Å²) in [6, 6.07) is 5.91. The third kappa shape index (κ3) is 8.54. The van der Waals surface area contributed by atoms with E-state index in [-0.39, 0.29) is 0 Å². The molecule has 2 rings (SSSR count). The van der Waals surface area contributed by atoms with Gasteiger partial charge in [-0.2, -0.15) is 5.10 Å². The molecule has 1 aromatic rings. The van der Waals surface area contributed by atoms with E-state index in [1.54, 1.807) is 6.20 Å². The van der Waals surface area contributed by atoms with Gasteiger partial charge in [-0.1, -0.05) is 6.07 Å². The minimum absolute atomic E-state index is 0.960. The summed E-state index contributed by atoms with van der Waals surface area (Å²) in [5, 5.41) is 6.73. The Labute approximate surface area is 124 Å². The Kier molecular flexibility index (Phi) is 6.94. The molecule has 0 amide bonds. The maximum atomic E-state index is 8.88. The molecule has 1 aliphatic rings. The van der Waals surface area contributed by atoms with Crippen molar-refractivity contribution in [3.8, 4) is 0 Å². The highest BCUT2D eigenvalue weighted by Gasteiger charge is 2.12. The first kappa shape index (κ1) is 17.7. The monoisotopic (exact) mass is 316 g/mol. The lowest BCUT2D eigenvalue weighted by atomic mass is 10.2. The number of hydrogen-bond donors (Lipinski definition) is 3. The van der Waals surface area contributed by atoms with Crippen LogP contribution in [-0.4, -0.2) is 68.5 Å². The lowest BCUT2D eigenvalue weighted by Gasteiger charge is -2.30. The van der Waals surface area contributed by atoms with Gasteiger partial charge in [0, 0.05) is 32.4 Å². The minimum atomic E-state index is -4.64. The average Bonchev–Trinajstić information content (AvgIpc) is 2.40. The Bertz CT molecular complexity index is 489. The highest BCUT2D eigenvalue weighted by Crippen LogP contribution is 2.25. The van der Waals surface area contributed by atoms with Crippen molar-refractivity contribution in [2.24, 2.45) is 5.10 Å². The van der Waals surface area contributed by atoms with Gasteiger partial charge >= 0.3 is 7.82 Å². The Balaban J connectivity index is 0.000000383. The van der Waals surface area contributed by atoms with E-state index in [1.165, 1.54) is 0 Å². The molecule has 21 heavy (non-hydrogen) atoms. The predicted molar refractivity (Wildman–Crippen MR) is 79.8 cm³/mol. The standard InChI is InChI=1S/C12H18N4.H3O4P/c1-11(12-5-3-4-6-13-12)14-16-9-7-15(2)8-10-16;1-5(2,3)4/h3-6H,7-10H2,1-2H3;(H3,1,2,3,4). The zero-order valence-electron chi connectivity index (χ0n) is 12.1. The minimum Gasteiger partial charge on any atom is -0.303 e. The van der Waals surface area contributed by atoms with Gasteiger partial charge in [0.2, 0.25) is 0 Å². The molecule has 1 fully saturated rings. The SMILES string of the molecule is CC(=NN1CCN(C)CC1)c1ccccn1.O=P(O)(O)O. The number of likely N-dealkylation sites (N-methyl/N-ethyl adjacent to an activating group) is 1. The van der Waals surface area contributed by atoms with E-state index >= 15 is 0 Å². The van der Waals surface area contributed by atoms with Gasteiger partial charge in [0.25, 0.3) is 0 Å². The van der Waals surface area contributed by atoms with Crippen molar-refractivity contribution in [2.45, 2.75) is 6.92 Å². The van der Waals surface area contributed by atoms with Crippen molar-refractivity contribution in [1.29, 1.82) is 0 Å². The first-order chi connectivity index (χ1) is 9.75. The van der Waals surface area contributed by atoms with Gasteiger partial charge < -0.3 is 19.6 Å². The molecule has 1 aromatic heterocycles. The molecule has 1 aliphatic heterocycles. The number of nitrogens with zero attached hydrogens (tertiary/aromatic N) is 4. The molecule has 118 valence electrons. The molecule has 0 aliphatic carbocycles. The summed E-state index contributed by atoms with van der Waals surface area (Å²) in [6.45, 7) is 6.18.